The minimum atomic E-state index is -0.919. The number of rotatable bonds is 3. The van der Waals surface area contributed by atoms with Crippen LogP contribution in [0.4, 0.5) is 0 Å². The van der Waals surface area contributed by atoms with E-state index < -0.39 is 11.4 Å². The fourth-order valence-corrected chi connectivity index (χ4v) is 1.99. The van der Waals surface area contributed by atoms with Crippen LogP contribution in [0.25, 0.3) is 0 Å². The van der Waals surface area contributed by atoms with Crippen LogP contribution in [-0.4, -0.2) is 28.4 Å². The number of amides is 1. The smallest absolute Gasteiger partial charge is 0.310 e. The van der Waals surface area contributed by atoms with Crippen molar-refractivity contribution < 1.29 is 14.7 Å². The maximum atomic E-state index is 12.0. The summed E-state index contributed by atoms with van der Waals surface area (Å²) in [5.41, 5.74) is 0.741. The summed E-state index contributed by atoms with van der Waals surface area (Å²) in [5.74, 6) is -0.962. The van der Waals surface area contributed by atoms with E-state index >= 15 is 0 Å². The molecule has 0 fully saturated rings. The Hall–Kier alpha value is -1.84. The lowest BCUT2D eigenvalue weighted by Gasteiger charge is -2.26. The molecule has 1 N–H and O–H groups in total. The molecular weight excluding hydrogens is 218 g/mol. The van der Waals surface area contributed by atoms with Gasteiger partial charge in [0.1, 0.15) is 0 Å². The van der Waals surface area contributed by atoms with Crippen LogP contribution in [-0.2, 0) is 11.3 Å². The number of hydrogen-bond acceptors (Lipinski definition) is 2. The lowest BCUT2D eigenvalue weighted by Crippen LogP contribution is -2.39. The summed E-state index contributed by atoms with van der Waals surface area (Å²) in [4.78, 5) is 24.7. The summed E-state index contributed by atoms with van der Waals surface area (Å²) in [6.07, 6.45) is 0. The number of carbonyl (C=O) groups excluding carboxylic acids is 1. The van der Waals surface area contributed by atoms with Crippen LogP contribution < -0.4 is 0 Å². The first-order chi connectivity index (χ1) is 7.92. The van der Waals surface area contributed by atoms with Crippen molar-refractivity contribution in [3.63, 3.8) is 0 Å². The van der Waals surface area contributed by atoms with Gasteiger partial charge in [0.2, 0.25) is 0 Å². The largest absolute Gasteiger partial charge is 0.481 e. The molecule has 0 radical (unpaired) electrons. The van der Waals surface area contributed by atoms with Gasteiger partial charge >= 0.3 is 5.97 Å². The Morgan fingerprint density at radius 2 is 2.06 bits per heavy atom. The third kappa shape index (κ3) is 2.02. The van der Waals surface area contributed by atoms with Crippen molar-refractivity contribution in [2.24, 2.45) is 5.41 Å². The summed E-state index contributed by atoms with van der Waals surface area (Å²) in [5, 5.41) is 9.07. The van der Waals surface area contributed by atoms with E-state index in [0.717, 1.165) is 5.56 Å². The van der Waals surface area contributed by atoms with Crippen molar-refractivity contribution in [1.29, 1.82) is 0 Å². The van der Waals surface area contributed by atoms with Crippen LogP contribution in [0.15, 0.2) is 24.3 Å². The summed E-state index contributed by atoms with van der Waals surface area (Å²) in [6, 6.07) is 7.40. The van der Waals surface area contributed by atoms with Gasteiger partial charge in [0.05, 0.1) is 5.41 Å². The molecule has 0 atom stereocenters. The molecule has 1 aliphatic heterocycles. The van der Waals surface area contributed by atoms with Gasteiger partial charge in [0, 0.05) is 18.7 Å². The van der Waals surface area contributed by atoms with E-state index in [1.54, 1.807) is 24.8 Å². The third-order valence-electron chi connectivity index (χ3n) is 3.06. The van der Waals surface area contributed by atoms with Crippen molar-refractivity contribution in [2.75, 3.05) is 6.54 Å². The molecule has 1 aliphatic rings. The molecule has 0 aliphatic carbocycles. The zero-order valence-corrected chi connectivity index (χ0v) is 9.93. The number of carbonyl (C=O) groups is 2. The predicted molar refractivity (Wildman–Crippen MR) is 62.6 cm³/mol. The SMILES string of the molecule is CC(C)(CN1Cc2ccccc2C1=O)C(=O)O. The highest BCUT2D eigenvalue weighted by Gasteiger charge is 2.35. The van der Waals surface area contributed by atoms with E-state index in [1.165, 1.54) is 0 Å². The first-order valence-electron chi connectivity index (χ1n) is 5.52. The van der Waals surface area contributed by atoms with Crippen molar-refractivity contribution in [1.82, 2.24) is 4.90 Å². The highest BCUT2D eigenvalue weighted by Crippen LogP contribution is 2.26. The fourth-order valence-electron chi connectivity index (χ4n) is 1.99. The van der Waals surface area contributed by atoms with Gasteiger partial charge in [-0.1, -0.05) is 18.2 Å². The van der Waals surface area contributed by atoms with E-state index in [0.29, 0.717) is 12.1 Å². The molecule has 1 heterocycles. The Morgan fingerprint density at radius 3 is 2.65 bits per heavy atom. The minimum Gasteiger partial charge on any atom is -0.481 e. The average Bonchev–Trinajstić information content (AvgIpc) is 2.56. The van der Waals surface area contributed by atoms with E-state index in [9.17, 15) is 9.59 Å². The highest BCUT2D eigenvalue weighted by atomic mass is 16.4. The molecule has 1 amide bonds. The third-order valence-corrected chi connectivity index (χ3v) is 3.06. The van der Waals surface area contributed by atoms with Crippen LogP contribution in [0.2, 0.25) is 0 Å². The van der Waals surface area contributed by atoms with E-state index in [4.69, 9.17) is 5.11 Å². The molecule has 4 nitrogen and oxygen atoms in total. The Labute approximate surface area is 99.9 Å². The van der Waals surface area contributed by atoms with E-state index in [-0.39, 0.29) is 12.5 Å². The standard InChI is InChI=1S/C13H15NO3/c1-13(2,12(16)17)8-14-7-9-5-3-4-6-10(9)11(14)15/h3-6H,7-8H2,1-2H3,(H,16,17). The van der Waals surface area contributed by atoms with Crippen molar-refractivity contribution in [3.8, 4) is 0 Å². The number of carboxylic acids is 1. The number of benzene rings is 1. The quantitative estimate of drug-likeness (QED) is 0.865. The van der Waals surface area contributed by atoms with E-state index in [1.807, 2.05) is 18.2 Å². The molecular formula is C13H15NO3. The maximum Gasteiger partial charge on any atom is 0.310 e. The lowest BCUT2D eigenvalue weighted by atomic mass is 9.93. The molecule has 0 unspecified atom stereocenters. The van der Waals surface area contributed by atoms with Gasteiger partial charge < -0.3 is 10.0 Å². The molecule has 0 bridgehead atoms. The van der Waals surface area contributed by atoms with Crippen LogP contribution in [0.3, 0.4) is 0 Å². The first kappa shape index (κ1) is 11.6. The van der Waals surface area contributed by atoms with Gasteiger partial charge in [0.15, 0.2) is 0 Å². The van der Waals surface area contributed by atoms with Crippen molar-refractivity contribution in [2.45, 2.75) is 20.4 Å². The molecule has 90 valence electrons. The molecule has 2 rings (SSSR count). The topological polar surface area (TPSA) is 57.6 Å². The van der Waals surface area contributed by atoms with Crippen LogP contribution in [0.5, 0.6) is 0 Å². The van der Waals surface area contributed by atoms with Crippen LogP contribution in [0.1, 0.15) is 29.8 Å². The summed E-state index contributed by atoms with van der Waals surface area (Å²) >= 11 is 0. The van der Waals surface area contributed by atoms with Gasteiger partial charge in [-0.3, -0.25) is 9.59 Å². The lowest BCUT2D eigenvalue weighted by molar-refractivity contribution is -0.147. The van der Waals surface area contributed by atoms with Gasteiger partial charge in [-0.2, -0.15) is 0 Å². The maximum absolute atomic E-state index is 12.0. The van der Waals surface area contributed by atoms with Gasteiger partial charge in [-0.05, 0) is 25.5 Å². The van der Waals surface area contributed by atoms with Crippen LogP contribution >= 0.6 is 0 Å². The molecule has 0 saturated carbocycles. The molecule has 1 aromatic carbocycles. The molecule has 1 aromatic rings. The summed E-state index contributed by atoms with van der Waals surface area (Å²) in [6.45, 7) is 4.00. The van der Waals surface area contributed by atoms with Crippen molar-refractivity contribution in [3.05, 3.63) is 35.4 Å². The molecule has 17 heavy (non-hydrogen) atoms. The second kappa shape index (κ2) is 3.87. The molecule has 0 spiro atoms. The predicted octanol–water partition coefficient (Wildman–Crippen LogP) is 1.75. The summed E-state index contributed by atoms with van der Waals surface area (Å²) in [7, 11) is 0. The zero-order valence-electron chi connectivity index (χ0n) is 9.93. The second-order valence-electron chi connectivity index (χ2n) is 5.01. The number of carboxylic acid groups (broad SMARTS) is 1. The first-order valence-corrected chi connectivity index (χ1v) is 5.52. The second-order valence-corrected chi connectivity index (χ2v) is 5.01. The molecule has 0 aromatic heterocycles. The van der Waals surface area contributed by atoms with E-state index in [2.05, 4.69) is 0 Å². The number of hydrogen-bond donors (Lipinski definition) is 1. The number of nitrogens with zero attached hydrogens (tertiary/aromatic N) is 1. The number of aliphatic carboxylic acids is 1. The fraction of sp³-hybridized carbons (Fsp3) is 0.385. The van der Waals surface area contributed by atoms with Gasteiger partial charge in [-0.15, -0.1) is 0 Å². The normalized spacial score (nSPS) is 14.9. The van der Waals surface area contributed by atoms with Gasteiger partial charge in [-0.25, -0.2) is 0 Å². The average molecular weight is 233 g/mol. The van der Waals surface area contributed by atoms with Crippen molar-refractivity contribution >= 4 is 11.9 Å². The highest BCUT2D eigenvalue weighted by molar-refractivity contribution is 5.98. The minimum absolute atomic E-state index is 0.0741. The number of fused-ring (bicyclic) bond motifs is 1. The Bertz CT molecular complexity index is 479. The van der Waals surface area contributed by atoms with Gasteiger partial charge in [0.25, 0.3) is 5.91 Å². The Morgan fingerprint density at radius 1 is 1.41 bits per heavy atom. The molecule has 4 heteroatoms. The summed E-state index contributed by atoms with van der Waals surface area (Å²) < 4.78 is 0. The monoisotopic (exact) mass is 233 g/mol. The molecule has 0 saturated heterocycles. The Kier molecular flexibility index (Phi) is 2.65. The van der Waals surface area contributed by atoms with Crippen LogP contribution in [0, 0.1) is 5.41 Å². The zero-order chi connectivity index (χ0) is 12.6. The Balaban J connectivity index is 2.19.